The van der Waals surface area contributed by atoms with Gasteiger partial charge in [0, 0.05) is 56.1 Å². The maximum atomic E-state index is 6.30. The molecule has 0 saturated carbocycles. The van der Waals surface area contributed by atoms with Crippen molar-refractivity contribution in [1.82, 2.24) is 24.6 Å². The summed E-state index contributed by atoms with van der Waals surface area (Å²) in [7, 11) is 1.87. The Labute approximate surface area is 127 Å². The molecule has 2 aromatic heterocycles. The minimum Gasteiger partial charge on any atom is -0.334 e. The van der Waals surface area contributed by atoms with Crippen LogP contribution in [0.5, 0.6) is 0 Å². The average molecular weight is 310 g/mol. The summed E-state index contributed by atoms with van der Waals surface area (Å²) in [6.45, 7) is 4.65. The summed E-state index contributed by atoms with van der Waals surface area (Å²) in [4.78, 5) is 9.69. The third-order valence-corrected chi connectivity index (χ3v) is 4.39. The molecule has 1 aliphatic rings. The highest BCUT2D eigenvalue weighted by Gasteiger charge is 2.20. The van der Waals surface area contributed by atoms with Crippen molar-refractivity contribution in [2.24, 2.45) is 7.05 Å². The topological polar surface area (TPSA) is 49.7 Å². The van der Waals surface area contributed by atoms with Crippen LogP contribution in [0.4, 0.5) is 0 Å². The number of rotatable bonds is 2. The second-order valence-electron chi connectivity index (χ2n) is 5.13. The molecule has 0 bridgehead atoms. The summed E-state index contributed by atoms with van der Waals surface area (Å²) < 4.78 is 2.28. The van der Waals surface area contributed by atoms with Gasteiger partial charge in [-0.05, 0) is 19.1 Å². The molecule has 7 heteroatoms. The number of H-pyrrole nitrogens is 1. The monoisotopic (exact) mass is 309 g/mol. The summed E-state index contributed by atoms with van der Waals surface area (Å²) in [6.07, 6.45) is 2.83. The number of aromatic amines is 1. The number of aryl methyl sites for hydroxylation is 2. The summed E-state index contributed by atoms with van der Waals surface area (Å²) in [5.74, 6) is 0. The second-order valence-corrected chi connectivity index (χ2v) is 5.88. The van der Waals surface area contributed by atoms with Crippen LogP contribution in [0.3, 0.4) is 0 Å². The van der Waals surface area contributed by atoms with Crippen LogP contribution in [0.2, 0.25) is 5.15 Å². The van der Waals surface area contributed by atoms with Crippen molar-refractivity contribution in [3.05, 3.63) is 38.6 Å². The van der Waals surface area contributed by atoms with Crippen LogP contribution < -0.4 is 0 Å². The lowest BCUT2D eigenvalue weighted by Crippen LogP contribution is -2.31. The van der Waals surface area contributed by atoms with Crippen molar-refractivity contribution in [3.63, 3.8) is 0 Å². The minimum atomic E-state index is 0.559. The normalized spacial score (nSPS) is 15.3. The van der Waals surface area contributed by atoms with E-state index in [0.29, 0.717) is 4.77 Å². The van der Waals surface area contributed by atoms with Gasteiger partial charge in [0.25, 0.3) is 0 Å². The number of halogens is 1. The highest BCUT2D eigenvalue weighted by molar-refractivity contribution is 7.71. The van der Waals surface area contributed by atoms with Crippen molar-refractivity contribution in [3.8, 4) is 0 Å². The first kappa shape index (κ1) is 13.7. The van der Waals surface area contributed by atoms with Crippen molar-refractivity contribution in [2.45, 2.75) is 26.4 Å². The van der Waals surface area contributed by atoms with Gasteiger partial charge in [0.2, 0.25) is 0 Å². The zero-order valence-corrected chi connectivity index (χ0v) is 13.1. The Morgan fingerprint density at radius 2 is 2.30 bits per heavy atom. The maximum absolute atomic E-state index is 6.30. The summed E-state index contributed by atoms with van der Waals surface area (Å²) in [5.41, 5.74) is 4.51. The number of aromatic nitrogens is 4. The molecule has 1 N–H and O–H groups in total. The molecule has 0 radical (unpaired) electrons. The molecule has 20 heavy (non-hydrogen) atoms. The lowest BCUT2D eigenvalue weighted by atomic mass is 10.1. The van der Waals surface area contributed by atoms with E-state index in [2.05, 4.69) is 20.0 Å². The highest BCUT2D eigenvalue weighted by atomic mass is 35.5. The summed E-state index contributed by atoms with van der Waals surface area (Å²) >= 11 is 11.4. The van der Waals surface area contributed by atoms with Crippen molar-refractivity contribution in [2.75, 3.05) is 6.54 Å². The van der Waals surface area contributed by atoms with Gasteiger partial charge in [-0.3, -0.25) is 9.58 Å². The Morgan fingerprint density at radius 3 is 3.00 bits per heavy atom. The summed E-state index contributed by atoms with van der Waals surface area (Å²) in [5, 5.41) is 5.08. The molecule has 3 heterocycles. The van der Waals surface area contributed by atoms with E-state index >= 15 is 0 Å². The first-order chi connectivity index (χ1) is 9.54. The van der Waals surface area contributed by atoms with Crippen LogP contribution in [0.15, 0.2) is 6.20 Å². The predicted octanol–water partition coefficient (Wildman–Crippen LogP) is 2.39. The van der Waals surface area contributed by atoms with E-state index in [4.69, 9.17) is 23.8 Å². The molecule has 0 unspecified atom stereocenters. The first-order valence-corrected chi connectivity index (χ1v) is 7.30. The lowest BCUT2D eigenvalue weighted by Gasteiger charge is -2.28. The van der Waals surface area contributed by atoms with Gasteiger partial charge in [-0.25, -0.2) is 4.98 Å². The molecular weight excluding hydrogens is 294 g/mol. The van der Waals surface area contributed by atoms with Crippen LogP contribution >= 0.6 is 23.8 Å². The number of nitrogens with one attached hydrogen (secondary N) is 1. The van der Waals surface area contributed by atoms with Crippen molar-refractivity contribution in [1.29, 1.82) is 0 Å². The van der Waals surface area contributed by atoms with Crippen LogP contribution in [0, 0.1) is 11.7 Å². The molecule has 0 amide bonds. The quantitative estimate of drug-likeness (QED) is 0.866. The maximum Gasteiger partial charge on any atom is 0.196 e. The van der Waals surface area contributed by atoms with Gasteiger partial charge >= 0.3 is 0 Å². The Morgan fingerprint density at radius 1 is 1.50 bits per heavy atom. The van der Waals surface area contributed by atoms with Gasteiger partial charge in [-0.15, -0.1) is 0 Å². The Hall–Kier alpha value is -1.24. The van der Waals surface area contributed by atoms with E-state index < -0.39 is 0 Å². The van der Waals surface area contributed by atoms with Gasteiger partial charge in [-0.2, -0.15) is 5.10 Å². The average Bonchev–Trinajstić information content (AvgIpc) is 2.65. The number of hydrogen-bond donors (Lipinski definition) is 1. The number of hydrogen-bond acceptors (Lipinski definition) is 4. The van der Waals surface area contributed by atoms with Crippen molar-refractivity contribution >= 4 is 23.8 Å². The fourth-order valence-corrected chi connectivity index (χ4v) is 3.03. The van der Waals surface area contributed by atoms with Gasteiger partial charge in [0.05, 0.1) is 5.69 Å². The third kappa shape index (κ3) is 2.51. The Kier molecular flexibility index (Phi) is 3.62. The van der Waals surface area contributed by atoms with Gasteiger partial charge < -0.3 is 4.98 Å². The minimum absolute atomic E-state index is 0.559. The van der Waals surface area contributed by atoms with E-state index in [1.165, 1.54) is 11.3 Å². The van der Waals surface area contributed by atoms with E-state index in [9.17, 15) is 0 Å². The van der Waals surface area contributed by atoms with E-state index in [1.54, 1.807) is 4.68 Å². The Balaban J connectivity index is 1.81. The van der Waals surface area contributed by atoms with E-state index in [1.807, 2.05) is 20.2 Å². The zero-order valence-electron chi connectivity index (χ0n) is 11.5. The molecule has 0 aromatic carbocycles. The molecule has 0 spiro atoms. The fraction of sp³-hybridized carbons (Fsp3) is 0.462. The lowest BCUT2D eigenvalue weighted by molar-refractivity contribution is 0.242. The molecule has 0 fully saturated rings. The molecule has 0 atom stereocenters. The number of nitrogens with zero attached hydrogens (tertiary/aromatic N) is 4. The summed E-state index contributed by atoms with van der Waals surface area (Å²) in [6, 6.07) is 0. The molecular formula is C13H16ClN5S. The van der Waals surface area contributed by atoms with Crippen LogP contribution in [-0.2, 0) is 26.6 Å². The molecule has 2 aromatic rings. The molecule has 5 nitrogen and oxygen atoms in total. The Bertz CT molecular complexity index is 705. The van der Waals surface area contributed by atoms with Crippen LogP contribution in [0.25, 0.3) is 0 Å². The molecule has 106 valence electrons. The van der Waals surface area contributed by atoms with E-state index in [-0.39, 0.29) is 0 Å². The van der Waals surface area contributed by atoms with Crippen LogP contribution in [-0.4, -0.2) is 31.2 Å². The largest absolute Gasteiger partial charge is 0.334 e. The van der Waals surface area contributed by atoms with Gasteiger partial charge in [0.1, 0.15) is 5.15 Å². The first-order valence-electron chi connectivity index (χ1n) is 6.52. The standard InChI is InChI=1S/C13H16ClN5S/c1-8-10(12(14)18(2)17-8)7-19-4-3-11-9(6-19)5-15-13(20)16-11/h5H,3-4,6-7H2,1-2H3,(H,15,16,20). The van der Waals surface area contributed by atoms with Gasteiger partial charge in [-0.1, -0.05) is 11.6 Å². The second kappa shape index (κ2) is 5.27. The zero-order chi connectivity index (χ0) is 14.3. The molecule has 0 aliphatic carbocycles. The smallest absolute Gasteiger partial charge is 0.196 e. The molecule has 0 saturated heterocycles. The fourth-order valence-electron chi connectivity index (χ4n) is 2.62. The third-order valence-electron chi connectivity index (χ3n) is 3.71. The number of fused-ring (bicyclic) bond motifs is 1. The SMILES string of the molecule is Cc1nn(C)c(Cl)c1CN1CCc2[nH]c(=S)ncc2C1. The predicted molar refractivity (Wildman–Crippen MR) is 80.2 cm³/mol. The van der Waals surface area contributed by atoms with Crippen molar-refractivity contribution < 1.29 is 0 Å². The molecule has 3 rings (SSSR count). The molecule has 1 aliphatic heterocycles. The van der Waals surface area contributed by atoms with E-state index in [0.717, 1.165) is 42.5 Å². The highest BCUT2D eigenvalue weighted by Crippen LogP contribution is 2.23. The van der Waals surface area contributed by atoms with Crippen LogP contribution in [0.1, 0.15) is 22.5 Å². The van der Waals surface area contributed by atoms with Gasteiger partial charge in [0.15, 0.2) is 4.77 Å².